The molecule has 6 nitrogen and oxygen atoms in total. The SMILES string of the molecule is O=C(Nc1nc(-c2ccc3c(c2)OCCO3)cs1)c1nc(Cl)c(Cl)c(Cl)c1Cl. The first-order valence-corrected chi connectivity index (χ1v) is 10.2. The molecular formula is C17H9Cl4N3O3S. The summed E-state index contributed by atoms with van der Waals surface area (Å²) >= 11 is 25.0. The van der Waals surface area contributed by atoms with Gasteiger partial charge >= 0.3 is 0 Å². The lowest BCUT2D eigenvalue weighted by Gasteiger charge is -2.18. The fourth-order valence-electron chi connectivity index (χ4n) is 2.46. The Morgan fingerprint density at radius 1 is 1.00 bits per heavy atom. The van der Waals surface area contributed by atoms with E-state index in [1.165, 1.54) is 11.3 Å². The van der Waals surface area contributed by atoms with Gasteiger partial charge in [0.1, 0.15) is 18.4 Å². The maximum absolute atomic E-state index is 12.5. The van der Waals surface area contributed by atoms with Crippen LogP contribution in [0.25, 0.3) is 11.3 Å². The molecule has 11 heteroatoms. The molecule has 28 heavy (non-hydrogen) atoms. The van der Waals surface area contributed by atoms with Crippen LogP contribution in [0.15, 0.2) is 23.6 Å². The van der Waals surface area contributed by atoms with Gasteiger partial charge in [-0.1, -0.05) is 46.4 Å². The quantitative estimate of drug-likeness (QED) is 0.480. The minimum Gasteiger partial charge on any atom is -0.486 e. The Morgan fingerprint density at radius 2 is 1.75 bits per heavy atom. The number of halogens is 4. The van der Waals surface area contributed by atoms with E-state index in [1.807, 2.05) is 18.2 Å². The first kappa shape index (κ1) is 19.5. The van der Waals surface area contributed by atoms with E-state index in [1.54, 1.807) is 5.38 Å². The number of amides is 1. The summed E-state index contributed by atoms with van der Waals surface area (Å²) in [5.41, 5.74) is 1.36. The highest BCUT2D eigenvalue weighted by Crippen LogP contribution is 2.37. The molecule has 4 rings (SSSR count). The fraction of sp³-hybridized carbons (Fsp3) is 0.118. The molecule has 1 aliphatic rings. The third-order valence-electron chi connectivity index (χ3n) is 3.76. The fourth-order valence-corrected chi connectivity index (χ4v) is 3.99. The average Bonchev–Trinajstić information content (AvgIpc) is 3.17. The monoisotopic (exact) mass is 475 g/mol. The van der Waals surface area contributed by atoms with E-state index in [2.05, 4.69) is 15.3 Å². The van der Waals surface area contributed by atoms with Gasteiger partial charge in [0.05, 0.1) is 20.8 Å². The van der Waals surface area contributed by atoms with Gasteiger partial charge < -0.3 is 9.47 Å². The van der Waals surface area contributed by atoms with Crippen LogP contribution < -0.4 is 14.8 Å². The van der Waals surface area contributed by atoms with E-state index in [0.717, 1.165) is 5.56 Å². The summed E-state index contributed by atoms with van der Waals surface area (Å²) in [6, 6.07) is 5.53. The molecule has 0 fully saturated rings. The Hall–Kier alpha value is -1.77. The standard InChI is InChI=1S/C17H9Cl4N3O3S/c18-11-12(19)14(23-15(21)13(11)20)16(25)24-17-22-8(6-28-17)7-1-2-9-10(5-7)27-4-3-26-9/h1-2,5-6H,3-4H2,(H,22,24,25). The second-order valence-corrected chi connectivity index (χ2v) is 7.89. The van der Waals surface area contributed by atoms with Crippen molar-refractivity contribution in [3.05, 3.63) is 49.5 Å². The minimum absolute atomic E-state index is 0.0139. The van der Waals surface area contributed by atoms with E-state index in [-0.39, 0.29) is 25.9 Å². The number of hydrogen-bond donors (Lipinski definition) is 1. The Kier molecular flexibility index (Phi) is 5.53. The van der Waals surface area contributed by atoms with E-state index >= 15 is 0 Å². The van der Waals surface area contributed by atoms with Crippen LogP contribution in [-0.4, -0.2) is 29.1 Å². The molecule has 0 atom stereocenters. The number of ether oxygens (including phenoxy) is 2. The van der Waals surface area contributed by atoms with Gasteiger partial charge in [-0.2, -0.15) is 0 Å². The van der Waals surface area contributed by atoms with Gasteiger partial charge in [0.2, 0.25) is 0 Å². The summed E-state index contributed by atoms with van der Waals surface area (Å²) in [6.45, 7) is 1.02. The second-order valence-electron chi connectivity index (χ2n) is 5.54. The van der Waals surface area contributed by atoms with Crippen molar-refractivity contribution in [2.75, 3.05) is 18.5 Å². The molecule has 0 saturated heterocycles. The molecular weight excluding hydrogens is 468 g/mol. The van der Waals surface area contributed by atoms with Crippen molar-refractivity contribution in [1.82, 2.24) is 9.97 Å². The molecule has 3 aromatic rings. The number of pyridine rings is 1. The third-order valence-corrected chi connectivity index (χ3v) is 6.20. The van der Waals surface area contributed by atoms with Gasteiger partial charge in [-0.3, -0.25) is 10.1 Å². The summed E-state index contributed by atoms with van der Waals surface area (Å²) < 4.78 is 11.1. The number of aromatic nitrogens is 2. The van der Waals surface area contributed by atoms with Crippen molar-refractivity contribution >= 4 is 68.8 Å². The van der Waals surface area contributed by atoms with Crippen LogP contribution in [0.2, 0.25) is 20.2 Å². The number of carbonyl (C=O) groups is 1. The summed E-state index contributed by atoms with van der Waals surface area (Å²) in [4.78, 5) is 20.8. The number of fused-ring (bicyclic) bond motifs is 1. The number of hydrogen-bond acceptors (Lipinski definition) is 6. The number of nitrogens with one attached hydrogen (secondary N) is 1. The smallest absolute Gasteiger partial charge is 0.277 e. The first-order chi connectivity index (χ1) is 13.4. The largest absolute Gasteiger partial charge is 0.486 e. The lowest BCUT2D eigenvalue weighted by molar-refractivity contribution is 0.102. The van der Waals surface area contributed by atoms with Crippen molar-refractivity contribution in [2.45, 2.75) is 0 Å². The van der Waals surface area contributed by atoms with Crippen LogP contribution >= 0.6 is 57.7 Å². The maximum atomic E-state index is 12.5. The average molecular weight is 477 g/mol. The van der Waals surface area contributed by atoms with Crippen LogP contribution in [0.1, 0.15) is 10.5 Å². The highest BCUT2D eigenvalue weighted by Gasteiger charge is 2.21. The van der Waals surface area contributed by atoms with Gasteiger partial charge in [0.25, 0.3) is 5.91 Å². The van der Waals surface area contributed by atoms with E-state index in [0.29, 0.717) is 35.5 Å². The van der Waals surface area contributed by atoms with E-state index < -0.39 is 5.91 Å². The van der Waals surface area contributed by atoms with Gasteiger partial charge in [-0.05, 0) is 18.2 Å². The Labute approximate surface area is 183 Å². The van der Waals surface area contributed by atoms with Crippen molar-refractivity contribution in [1.29, 1.82) is 0 Å². The Morgan fingerprint density at radius 3 is 2.54 bits per heavy atom. The molecule has 1 amide bonds. The number of rotatable bonds is 3. The predicted molar refractivity (Wildman–Crippen MR) is 111 cm³/mol. The van der Waals surface area contributed by atoms with Crippen LogP contribution in [0.4, 0.5) is 5.13 Å². The zero-order valence-electron chi connectivity index (χ0n) is 13.8. The lowest BCUT2D eigenvalue weighted by atomic mass is 10.1. The van der Waals surface area contributed by atoms with Crippen LogP contribution in [0, 0.1) is 0 Å². The lowest BCUT2D eigenvalue weighted by Crippen LogP contribution is -2.15. The Balaban J connectivity index is 1.56. The number of nitrogens with zero attached hydrogens (tertiary/aromatic N) is 2. The summed E-state index contributed by atoms with van der Waals surface area (Å²) in [5.74, 6) is 0.744. The highest BCUT2D eigenvalue weighted by molar-refractivity contribution is 7.14. The number of carbonyl (C=O) groups excluding carboxylic acids is 1. The molecule has 0 bridgehead atoms. The molecule has 1 N–H and O–H groups in total. The van der Waals surface area contributed by atoms with Crippen molar-refractivity contribution in [2.24, 2.45) is 0 Å². The highest BCUT2D eigenvalue weighted by atomic mass is 35.5. The molecule has 1 aliphatic heterocycles. The first-order valence-electron chi connectivity index (χ1n) is 7.81. The van der Waals surface area contributed by atoms with Crippen LogP contribution in [-0.2, 0) is 0 Å². The molecule has 0 spiro atoms. The molecule has 0 unspecified atom stereocenters. The molecule has 3 heterocycles. The van der Waals surface area contributed by atoms with Crippen LogP contribution in [0.5, 0.6) is 11.5 Å². The topological polar surface area (TPSA) is 73.3 Å². The number of anilines is 1. The second kappa shape index (κ2) is 7.93. The van der Waals surface area contributed by atoms with E-state index in [4.69, 9.17) is 55.9 Å². The molecule has 144 valence electrons. The minimum atomic E-state index is -0.603. The molecule has 1 aromatic carbocycles. The van der Waals surface area contributed by atoms with Crippen molar-refractivity contribution in [3.63, 3.8) is 0 Å². The molecule has 0 radical (unpaired) electrons. The van der Waals surface area contributed by atoms with Gasteiger partial charge in [0, 0.05) is 10.9 Å². The summed E-state index contributed by atoms with van der Waals surface area (Å²) in [5, 5.41) is 4.54. The zero-order chi connectivity index (χ0) is 19.8. The number of thiazole rings is 1. The maximum Gasteiger partial charge on any atom is 0.277 e. The predicted octanol–water partition coefficient (Wildman–Crippen LogP) is 5.84. The molecule has 0 aliphatic carbocycles. The molecule has 0 saturated carbocycles. The van der Waals surface area contributed by atoms with Crippen molar-refractivity contribution < 1.29 is 14.3 Å². The van der Waals surface area contributed by atoms with E-state index in [9.17, 15) is 4.79 Å². The van der Waals surface area contributed by atoms with Gasteiger partial charge in [0.15, 0.2) is 22.3 Å². The zero-order valence-corrected chi connectivity index (χ0v) is 17.6. The Bertz CT molecular complexity index is 1090. The number of benzene rings is 1. The van der Waals surface area contributed by atoms with Gasteiger partial charge in [-0.25, -0.2) is 9.97 Å². The van der Waals surface area contributed by atoms with Crippen molar-refractivity contribution in [3.8, 4) is 22.8 Å². The van der Waals surface area contributed by atoms with Gasteiger partial charge in [-0.15, -0.1) is 11.3 Å². The normalized spacial score (nSPS) is 12.7. The third kappa shape index (κ3) is 3.73. The molecule has 2 aromatic heterocycles. The summed E-state index contributed by atoms with van der Waals surface area (Å²) in [6.07, 6.45) is 0. The summed E-state index contributed by atoms with van der Waals surface area (Å²) in [7, 11) is 0. The van der Waals surface area contributed by atoms with Crippen LogP contribution in [0.3, 0.4) is 0 Å².